The lowest BCUT2D eigenvalue weighted by Crippen LogP contribution is -2.28. The summed E-state index contributed by atoms with van der Waals surface area (Å²) in [5.74, 6) is 1.37. The Kier molecular flexibility index (Phi) is 6.48. The topological polar surface area (TPSA) is 38.3 Å². The lowest BCUT2D eigenvalue weighted by atomic mass is 10.0. The molecule has 3 nitrogen and oxygen atoms in total. The maximum atomic E-state index is 12.2. The molecule has 0 saturated carbocycles. The van der Waals surface area contributed by atoms with Crippen LogP contribution in [-0.2, 0) is 11.2 Å². The minimum atomic E-state index is 0.0590. The van der Waals surface area contributed by atoms with Crippen LogP contribution < -0.4 is 10.1 Å². The third kappa shape index (κ3) is 5.10. The number of hydrogen-bond acceptors (Lipinski definition) is 2. The monoisotopic (exact) mass is 361 g/mol. The highest BCUT2D eigenvalue weighted by atomic mass is 16.5. The minimum Gasteiger partial charge on any atom is -0.491 e. The lowest BCUT2D eigenvalue weighted by Gasteiger charge is -2.14. The van der Waals surface area contributed by atoms with Crippen LogP contribution in [0.5, 0.6) is 5.75 Å². The van der Waals surface area contributed by atoms with Gasteiger partial charge < -0.3 is 10.1 Å². The Balaban J connectivity index is 1.45. The van der Waals surface area contributed by atoms with Gasteiger partial charge in [0.05, 0.1) is 6.54 Å². The molecule has 1 N–H and O–H groups in total. The molecular weight excluding hydrogens is 334 g/mol. The van der Waals surface area contributed by atoms with E-state index in [4.69, 9.17) is 4.74 Å². The number of rotatable bonds is 8. The maximum Gasteiger partial charge on any atom is 0.220 e. The highest BCUT2D eigenvalue weighted by molar-refractivity contribution is 5.86. The van der Waals surface area contributed by atoms with Crippen molar-refractivity contribution < 1.29 is 9.53 Å². The summed E-state index contributed by atoms with van der Waals surface area (Å²) in [5, 5.41) is 5.39. The molecule has 3 aromatic rings. The van der Waals surface area contributed by atoms with Gasteiger partial charge in [0, 0.05) is 6.42 Å². The highest BCUT2D eigenvalue weighted by Crippen LogP contribution is 2.25. The molecule has 0 saturated heterocycles. The summed E-state index contributed by atoms with van der Waals surface area (Å²) in [6.45, 7) is 5.29. The fraction of sp³-hybridized carbons (Fsp3) is 0.292. The van der Waals surface area contributed by atoms with Crippen molar-refractivity contribution >= 4 is 16.7 Å². The summed E-state index contributed by atoms with van der Waals surface area (Å²) in [6, 6.07) is 22.6. The highest BCUT2D eigenvalue weighted by Gasteiger charge is 2.08. The van der Waals surface area contributed by atoms with Gasteiger partial charge in [0.15, 0.2) is 0 Å². The lowest BCUT2D eigenvalue weighted by molar-refractivity contribution is -0.121. The van der Waals surface area contributed by atoms with Crippen molar-refractivity contribution in [2.24, 2.45) is 0 Å². The van der Waals surface area contributed by atoms with Gasteiger partial charge in [0.2, 0.25) is 5.91 Å². The molecule has 0 aliphatic rings. The molecule has 1 amide bonds. The quantitative estimate of drug-likeness (QED) is 0.568. The molecule has 27 heavy (non-hydrogen) atoms. The standard InChI is InChI=1S/C24H27NO2/c1-18(2)21-11-5-6-13-23(21)27-17-16-25-24(26)15-14-20-10-7-9-19-8-3-4-12-22(19)20/h3-13,18H,14-17H2,1-2H3,(H,25,26). The molecule has 0 atom stereocenters. The van der Waals surface area contributed by atoms with Crippen molar-refractivity contribution in [3.05, 3.63) is 77.9 Å². The van der Waals surface area contributed by atoms with Gasteiger partial charge in [-0.2, -0.15) is 0 Å². The minimum absolute atomic E-state index is 0.0590. The number of hydrogen-bond donors (Lipinski definition) is 1. The van der Waals surface area contributed by atoms with Gasteiger partial charge in [-0.1, -0.05) is 74.5 Å². The molecule has 0 aliphatic heterocycles. The average molecular weight is 361 g/mol. The number of nitrogens with one attached hydrogen (secondary N) is 1. The molecular formula is C24H27NO2. The normalized spacial score (nSPS) is 10.9. The molecule has 0 spiro atoms. The first-order valence-electron chi connectivity index (χ1n) is 9.60. The van der Waals surface area contributed by atoms with Gasteiger partial charge in [-0.3, -0.25) is 4.79 Å². The Bertz CT molecular complexity index is 896. The number of carbonyl (C=O) groups is 1. The fourth-order valence-electron chi connectivity index (χ4n) is 3.29. The third-order valence-electron chi connectivity index (χ3n) is 4.72. The maximum absolute atomic E-state index is 12.2. The van der Waals surface area contributed by atoms with Gasteiger partial charge in [0.1, 0.15) is 12.4 Å². The van der Waals surface area contributed by atoms with Gasteiger partial charge in [-0.25, -0.2) is 0 Å². The Morgan fingerprint density at radius 3 is 2.56 bits per heavy atom. The van der Waals surface area contributed by atoms with Crippen LogP contribution in [0.4, 0.5) is 0 Å². The third-order valence-corrected chi connectivity index (χ3v) is 4.72. The van der Waals surface area contributed by atoms with Crippen LogP contribution in [-0.4, -0.2) is 19.1 Å². The predicted molar refractivity (Wildman–Crippen MR) is 111 cm³/mol. The van der Waals surface area contributed by atoms with E-state index in [9.17, 15) is 4.79 Å². The van der Waals surface area contributed by atoms with Crippen LogP contribution in [0.15, 0.2) is 66.7 Å². The largest absolute Gasteiger partial charge is 0.491 e. The van der Waals surface area contributed by atoms with Crippen molar-refractivity contribution in [1.29, 1.82) is 0 Å². The molecule has 3 aromatic carbocycles. The summed E-state index contributed by atoms with van der Waals surface area (Å²) in [4.78, 5) is 12.2. The van der Waals surface area contributed by atoms with Gasteiger partial charge in [-0.15, -0.1) is 0 Å². The van der Waals surface area contributed by atoms with E-state index in [0.29, 0.717) is 25.5 Å². The molecule has 0 aliphatic carbocycles. The van der Waals surface area contributed by atoms with E-state index in [-0.39, 0.29) is 5.91 Å². The molecule has 3 heteroatoms. The molecule has 0 radical (unpaired) electrons. The van der Waals surface area contributed by atoms with Crippen LogP contribution in [0, 0.1) is 0 Å². The summed E-state index contributed by atoms with van der Waals surface area (Å²) in [7, 11) is 0. The zero-order valence-electron chi connectivity index (χ0n) is 16.1. The summed E-state index contributed by atoms with van der Waals surface area (Å²) in [6.07, 6.45) is 1.22. The number of benzene rings is 3. The number of amides is 1. The Hall–Kier alpha value is -2.81. The molecule has 0 heterocycles. The van der Waals surface area contributed by atoms with E-state index in [0.717, 1.165) is 12.2 Å². The number of para-hydroxylation sites is 1. The molecule has 3 rings (SSSR count). The first kappa shape index (κ1) is 19.0. The van der Waals surface area contributed by atoms with Crippen LogP contribution in [0.25, 0.3) is 10.8 Å². The second kappa shape index (κ2) is 9.22. The van der Waals surface area contributed by atoms with Crippen LogP contribution >= 0.6 is 0 Å². The van der Waals surface area contributed by atoms with Crippen molar-refractivity contribution in [2.75, 3.05) is 13.2 Å². The van der Waals surface area contributed by atoms with Crippen LogP contribution in [0.1, 0.15) is 37.3 Å². The number of fused-ring (bicyclic) bond motifs is 1. The number of aryl methyl sites for hydroxylation is 1. The molecule has 0 bridgehead atoms. The van der Waals surface area contributed by atoms with E-state index >= 15 is 0 Å². The second-order valence-electron chi connectivity index (χ2n) is 7.03. The van der Waals surface area contributed by atoms with E-state index in [1.165, 1.54) is 21.9 Å². The van der Waals surface area contributed by atoms with E-state index in [2.05, 4.69) is 55.6 Å². The Morgan fingerprint density at radius 1 is 0.963 bits per heavy atom. The SMILES string of the molecule is CC(C)c1ccccc1OCCNC(=O)CCc1cccc2ccccc12. The van der Waals surface area contributed by atoms with E-state index in [1.807, 2.05) is 30.3 Å². The van der Waals surface area contributed by atoms with Gasteiger partial charge >= 0.3 is 0 Å². The van der Waals surface area contributed by atoms with Gasteiger partial charge in [0.25, 0.3) is 0 Å². The van der Waals surface area contributed by atoms with Gasteiger partial charge in [-0.05, 0) is 40.3 Å². The predicted octanol–water partition coefficient (Wildman–Crippen LogP) is 5.09. The molecule has 0 fully saturated rings. The zero-order valence-corrected chi connectivity index (χ0v) is 16.1. The molecule has 0 unspecified atom stereocenters. The first-order valence-corrected chi connectivity index (χ1v) is 9.60. The second-order valence-corrected chi connectivity index (χ2v) is 7.03. The Morgan fingerprint density at radius 2 is 1.70 bits per heavy atom. The van der Waals surface area contributed by atoms with E-state index in [1.54, 1.807) is 0 Å². The molecule has 140 valence electrons. The van der Waals surface area contributed by atoms with Crippen molar-refractivity contribution in [3.63, 3.8) is 0 Å². The Labute approximate surface area is 161 Å². The van der Waals surface area contributed by atoms with E-state index < -0.39 is 0 Å². The summed E-state index contributed by atoms with van der Waals surface area (Å²) < 4.78 is 5.85. The van der Waals surface area contributed by atoms with Crippen LogP contribution in [0.2, 0.25) is 0 Å². The first-order chi connectivity index (χ1) is 13.1. The fourth-order valence-corrected chi connectivity index (χ4v) is 3.29. The van der Waals surface area contributed by atoms with Crippen molar-refractivity contribution in [3.8, 4) is 5.75 Å². The summed E-state index contributed by atoms with van der Waals surface area (Å²) in [5.41, 5.74) is 2.41. The zero-order chi connectivity index (χ0) is 19.1. The number of carbonyl (C=O) groups excluding carboxylic acids is 1. The smallest absolute Gasteiger partial charge is 0.220 e. The number of ether oxygens (including phenoxy) is 1. The average Bonchev–Trinajstić information content (AvgIpc) is 2.69. The van der Waals surface area contributed by atoms with Crippen molar-refractivity contribution in [2.45, 2.75) is 32.6 Å². The van der Waals surface area contributed by atoms with Crippen molar-refractivity contribution in [1.82, 2.24) is 5.32 Å². The van der Waals surface area contributed by atoms with Crippen LogP contribution in [0.3, 0.4) is 0 Å². The molecule has 0 aromatic heterocycles. The summed E-state index contributed by atoms with van der Waals surface area (Å²) >= 11 is 0.